The van der Waals surface area contributed by atoms with Gasteiger partial charge in [-0.2, -0.15) is 0 Å². The van der Waals surface area contributed by atoms with Crippen LogP contribution in [0.2, 0.25) is 0 Å². The van der Waals surface area contributed by atoms with Crippen molar-refractivity contribution in [2.75, 3.05) is 11.9 Å². The quantitative estimate of drug-likeness (QED) is 0.640. The normalized spacial score (nSPS) is 17.7. The minimum atomic E-state index is 0.797. The Labute approximate surface area is 89.5 Å². The summed E-state index contributed by atoms with van der Waals surface area (Å²) in [7, 11) is 2.00. The first-order valence-corrected chi connectivity index (χ1v) is 4.83. The van der Waals surface area contributed by atoms with Crippen LogP contribution in [0.3, 0.4) is 0 Å². The minimum absolute atomic E-state index is 0.797. The molecule has 2 rings (SSSR count). The first kappa shape index (κ1) is 9.65. The number of anilines is 1. The van der Waals surface area contributed by atoms with Crippen molar-refractivity contribution < 1.29 is 0 Å². The number of fused-ring (bicyclic) bond motifs is 1. The number of rotatable bonds is 0. The molecule has 15 heavy (non-hydrogen) atoms. The average molecular weight is 199 g/mol. The summed E-state index contributed by atoms with van der Waals surface area (Å²) in [5.74, 6) is 0. The van der Waals surface area contributed by atoms with Gasteiger partial charge in [0.15, 0.2) is 0 Å². The van der Waals surface area contributed by atoms with Crippen LogP contribution in [0.25, 0.3) is 0 Å². The van der Waals surface area contributed by atoms with Crippen molar-refractivity contribution in [1.29, 1.82) is 0 Å². The summed E-state index contributed by atoms with van der Waals surface area (Å²) in [6.07, 6.45) is 10.00. The van der Waals surface area contributed by atoms with Crippen LogP contribution < -0.4 is 4.90 Å². The van der Waals surface area contributed by atoms with Crippen LogP contribution in [-0.4, -0.2) is 18.2 Å². The zero-order valence-electron chi connectivity index (χ0n) is 8.72. The van der Waals surface area contributed by atoms with E-state index in [1.54, 1.807) is 12.4 Å². The lowest BCUT2D eigenvalue weighted by Crippen LogP contribution is -2.15. The second kappa shape index (κ2) is 4.09. The molecule has 76 valence electrons. The van der Waals surface area contributed by atoms with Gasteiger partial charge < -0.3 is 4.90 Å². The van der Waals surface area contributed by atoms with Gasteiger partial charge in [0, 0.05) is 49.7 Å². The van der Waals surface area contributed by atoms with Crippen molar-refractivity contribution in [2.45, 2.75) is 6.42 Å². The molecule has 3 nitrogen and oxygen atoms in total. The van der Waals surface area contributed by atoms with Crippen LogP contribution in [0, 0.1) is 0 Å². The zero-order chi connectivity index (χ0) is 10.7. The number of pyridine rings is 1. The number of nitrogens with zero attached hydrogens (tertiary/aromatic N) is 3. The smallest absolute Gasteiger partial charge is 0.0475 e. The summed E-state index contributed by atoms with van der Waals surface area (Å²) in [5, 5.41) is 0. The molecule has 0 aromatic carbocycles. The van der Waals surface area contributed by atoms with E-state index in [4.69, 9.17) is 0 Å². The maximum absolute atomic E-state index is 4.15. The number of allylic oxidation sites excluding steroid dienone is 1. The molecule has 1 aromatic rings. The van der Waals surface area contributed by atoms with Crippen LogP contribution >= 0.6 is 0 Å². The third-order valence-corrected chi connectivity index (χ3v) is 2.44. The minimum Gasteiger partial charge on any atom is -0.345 e. The van der Waals surface area contributed by atoms with Gasteiger partial charge in [-0.05, 0) is 17.7 Å². The van der Waals surface area contributed by atoms with Gasteiger partial charge in [-0.1, -0.05) is 6.58 Å². The molecule has 2 heterocycles. The highest BCUT2D eigenvalue weighted by Gasteiger charge is 2.08. The Morgan fingerprint density at radius 3 is 3.20 bits per heavy atom. The van der Waals surface area contributed by atoms with Gasteiger partial charge in [-0.15, -0.1) is 0 Å². The molecule has 0 radical (unpaired) electrons. The molecular formula is C12H13N3. The van der Waals surface area contributed by atoms with Gasteiger partial charge in [0.05, 0.1) is 0 Å². The van der Waals surface area contributed by atoms with Crippen LogP contribution in [0.1, 0.15) is 5.56 Å². The van der Waals surface area contributed by atoms with Crippen molar-refractivity contribution in [3.05, 3.63) is 48.6 Å². The van der Waals surface area contributed by atoms with Crippen LogP contribution in [0.4, 0.5) is 5.69 Å². The van der Waals surface area contributed by atoms with Gasteiger partial charge >= 0.3 is 0 Å². The maximum Gasteiger partial charge on any atom is 0.0475 e. The number of hydrogen-bond donors (Lipinski definition) is 0. The topological polar surface area (TPSA) is 28.5 Å². The summed E-state index contributed by atoms with van der Waals surface area (Å²) in [5.41, 5.74) is 3.21. The van der Waals surface area contributed by atoms with Gasteiger partial charge in [-0.25, -0.2) is 0 Å². The summed E-state index contributed by atoms with van der Waals surface area (Å²) in [6.45, 7) is 3.98. The van der Waals surface area contributed by atoms with Crippen molar-refractivity contribution in [3.8, 4) is 0 Å². The van der Waals surface area contributed by atoms with E-state index in [0.29, 0.717) is 0 Å². The zero-order valence-corrected chi connectivity index (χ0v) is 8.72. The molecular weight excluding hydrogens is 186 g/mol. The Bertz CT molecular complexity index is 432. The molecule has 1 aliphatic heterocycles. The van der Waals surface area contributed by atoms with Gasteiger partial charge in [0.2, 0.25) is 0 Å². The van der Waals surface area contributed by atoms with E-state index in [-0.39, 0.29) is 0 Å². The monoisotopic (exact) mass is 199 g/mol. The van der Waals surface area contributed by atoms with Crippen molar-refractivity contribution >= 4 is 11.9 Å². The average Bonchev–Trinajstić information content (AvgIpc) is 2.33. The second-order valence-corrected chi connectivity index (χ2v) is 3.41. The Balaban J connectivity index is 2.48. The van der Waals surface area contributed by atoms with Crippen LogP contribution in [0.5, 0.6) is 0 Å². The largest absolute Gasteiger partial charge is 0.345 e. The van der Waals surface area contributed by atoms with Crippen molar-refractivity contribution in [3.63, 3.8) is 0 Å². The molecule has 0 N–H and O–H groups in total. The molecule has 0 bridgehead atoms. The molecule has 3 heteroatoms. The molecule has 0 atom stereocenters. The fourth-order valence-electron chi connectivity index (χ4n) is 1.51. The Morgan fingerprint density at radius 2 is 2.33 bits per heavy atom. The first-order chi connectivity index (χ1) is 7.29. The third kappa shape index (κ3) is 1.96. The molecule has 0 spiro atoms. The predicted octanol–water partition coefficient (Wildman–Crippen LogP) is 2.17. The summed E-state index contributed by atoms with van der Waals surface area (Å²) in [6, 6.07) is 1.99. The highest BCUT2D eigenvalue weighted by molar-refractivity contribution is 5.69. The number of aromatic nitrogens is 1. The molecule has 0 fully saturated rings. The van der Waals surface area contributed by atoms with E-state index in [1.165, 1.54) is 0 Å². The molecule has 0 saturated carbocycles. The van der Waals surface area contributed by atoms with Gasteiger partial charge in [-0.3, -0.25) is 9.98 Å². The Morgan fingerprint density at radius 1 is 1.47 bits per heavy atom. The van der Waals surface area contributed by atoms with E-state index in [0.717, 1.165) is 23.4 Å². The van der Waals surface area contributed by atoms with Crippen LogP contribution in [-0.2, 0) is 6.42 Å². The first-order valence-electron chi connectivity index (χ1n) is 4.83. The fraction of sp³-hybridized carbons (Fsp3) is 0.167. The van der Waals surface area contributed by atoms with Gasteiger partial charge in [0.25, 0.3) is 0 Å². The van der Waals surface area contributed by atoms with E-state index in [1.807, 2.05) is 36.5 Å². The highest BCUT2D eigenvalue weighted by Crippen LogP contribution is 2.22. The molecule has 1 aliphatic rings. The molecule has 0 aliphatic carbocycles. The standard InChI is InChI=1S/C12H13N3/c1-10-3-6-13-7-4-11-9-14-8-5-12(11)15(10)2/h3,5-9H,1,4H2,2H3/b6-3-,13-7?. The van der Waals surface area contributed by atoms with E-state index < -0.39 is 0 Å². The van der Waals surface area contributed by atoms with Crippen LogP contribution in [0.15, 0.2) is 48.0 Å². The molecule has 0 saturated heterocycles. The Kier molecular flexibility index (Phi) is 2.63. The molecule has 0 unspecified atom stereocenters. The lowest BCUT2D eigenvalue weighted by molar-refractivity contribution is 1.10. The number of aliphatic imine (C=N–C) groups is 1. The van der Waals surface area contributed by atoms with Crippen molar-refractivity contribution in [2.24, 2.45) is 4.99 Å². The van der Waals surface area contributed by atoms with Crippen molar-refractivity contribution in [1.82, 2.24) is 4.98 Å². The fourth-order valence-corrected chi connectivity index (χ4v) is 1.51. The lowest BCUT2D eigenvalue weighted by atomic mass is 10.1. The second-order valence-electron chi connectivity index (χ2n) is 3.41. The van der Waals surface area contributed by atoms with Gasteiger partial charge in [0.1, 0.15) is 0 Å². The molecule has 0 amide bonds. The van der Waals surface area contributed by atoms with E-state index in [9.17, 15) is 0 Å². The summed E-state index contributed by atoms with van der Waals surface area (Å²) < 4.78 is 0. The maximum atomic E-state index is 4.15. The SMILES string of the molecule is C=C1/C=C\N=CCc2cnccc2N1C. The number of likely N-dealkylation sites (N-methyl/N-ethyl adjacent to an activating group) is 1. The molecule has 1 aromatic heterocycles. The number of hydrogen-bond acceptors (Lipinski definition) is 3. The third-order valence-electron chi connectivity index (χ3n) is 2.44. The predicted molar refractivity (Wildman–Crippen MR) is 63.1 cm³/mol. The summed E-state index contributed by atoms with van der Waals surface area (Å²) >= 11 is 0. The summed E-state index contributed by atoms with van der Waals surface area (Å²) in [4.78, 5) is 10.3. The van der Waals surface area contributed by atoms with E-state index >= 15 is 0 Å². The van der Waals surface area contributed by atoms with E-state index in [2.05, 4.69) is 16.6 Å². The Hall–Kier alpha value is -1.90. The highest BCUT2D eigenvalue weighted by atomic mass is 15.1. The lowest BCUT2D eigenvalue weighted by Gasteiger charge is -2.21.